The van der Waals surface area contributed by atoms with Gasteiger partial charge in [0.15, 0.2) is 11.0 Å². The Balaban J connectivity index is 1.46. The molecule has 1 fully saturated rings. The van der Waals surface area contributed by atoms with E-state index in [9.17, 15) is 4.79 Å². The summed E-state index contributed by atoms with van der Waals surface area (Å²) in [5.74, 6) is 1.21. The number of amides is 1. The first-order valence-electron chi connectivity index (χ1n) is 7.78. The molecule has 4 rings (SSSR count). The van der Waals surface area contributed by atoms with Crippen LogP contribution in [0.15, 0.2) is 53.0 Å². The highest BCUT2D eigenvalue weighted by Crippen LogP contribution is 2.41. The zero-order valence-corrected chi connectivity index (χ0v) is 14.5. The number of anilines is 1. The fourth-order valence-corrected chi connectivity index (χ4v) is 3.97. The molecule has 0 unspecified atom stereocenters. The lowest BCUT2D eigenvalue weighted by molar-refractivity contribution is -0.113. The highest BCUT2D eigenvalue weighted by atomic mass is 32.2. The minimum Gasteiger partial charge on any atom is -0.325 e. The van der Waals surface area contributed by atoms with Gasteiger partial charge in [-0.05, 0) is 36.4 Å². The second-order valence-corrected chi connectivity index (χ2v) is 7.48. The van der Waals surface area contributed by atoms with Crippen LogP contribution in [0.1, 0.15) is 18.9 Å². The first kappa shape index (κ1) is 15.4. The van der Waals surface area contributed by atoms with E-state index in [1.165, 1.54) is 11.8 Å². The van der Waals surface area contributed by atoms with E-state index >= 15 is 0 Å². The van der Waals surface area contributed by atoms with Crippen LogP contribution in [0, 0.1) is 0 Å². The van der Waals surface area contributed by atoms with E-state index in [4.69, 9.17) is 0 Å². The Labute approximate surface area is 148 Å². The predicted octanol–water partition coefficient (Wildman–Crippen LogP) is 4.07. The van der Waals surface area contributed by atoms with Crippen LogP contribution in [0.2, 0.25) is 0 Å². The smallest absolute Gasteiger partial charge is 0.234 e. The summed E-state index contributed by atoms with van der Waals surface area (Å²) in [5.41, 5.74) is 0.811. The second-order valence-electron chi connectivity index (χ2n) is 5.59. The van der Waals surface area contributed by atoms with Crippen molar-refractivity contribution in [3.63, 3.8) is 0 Å². The third-order valence-electron chi connectivity index (χ3n) is 3.71. The third-order valence-corrected chi connectivity index (χ3v) is 5.52. The number of nitrogens with one attached hydrogen (secondary N) is 1. The molecule has 2 aromatic heterocycles. The molecule has 7 heteroatoms. The molecule has 0 aliphatic heterocycles. The van der Waals surface area contributed by atoms with Crippen LogP contribution in [0.5, 0.6) is 0 Å². The number of carbonyl (C=O) groups excluding carboxylic acids is 1. The number of thiophene rings is 1. The molecule has 24 heavy (non-hydrogen) atoms. The average molecular weight is 356 g/mol. The van der Waals surface area contributed by atoms with Crippen molar-refractivity contribution in [1.82, 2.24) is 14.8 Å². The van der Waals surface area contributed by atoms with Gasteiger partial charge in [0.05, 0.1) is 10.6 Å². The summed E-state index contributed by atoms with van der Waals surface area (Å²) in [4.78, 5) is 13.3. The molecule has 1 aromatic carbocycles. The predicted molar refractivity (Wildman–Crippen MR) is 97.4 cm³/mol. The normalized spacial score (nSPS) is 13.8. The summed E-state index contributed by atoms with van der Waals surface area (Å²) < 4.78 is 2.19. The van der Waals surface area contributed by atoms with Crippen LogP contribution >= 0.6 is 23.1 Å². The molecule has 0 atom stereocenters. The maximum absolute atomic E-state index is 12.1. The van der Waals surface area contributed by atoms with Gasteiger partial charge in [0.25, 0.3) is 0 Å². The van der Waals surface area contributed by atoms with Crippen molar-refractivity contribution in [2.24, 2.45) is 0 Å². The van der Waals surface area contributed by atoms with E-state index in [-0.39, 0.29) is 5.91 Å². The van der Waals surface area contributed by atoms with E-state index in [0.717, 1.165) is 34.4 Å². The Kier molecular flexibility index (Phi) is 4.36. The molecule has 5 nitrogen and oxygen atoms in total. The van der Waals surface area contributed by atoms with Gasteiger partial charge in [0.1, 0.15) is 0 Å². The summed E-state index contributed by atoms with van der Waals surface area (Å²) in [7, 11) is 0. The maximum Gasteiger partial charge on any atom is 0.234 e. The number of benzene rings is 1. The van der Waals surface area contributed by atoms with Gasteiger partial charge in [-0.15, -0.1) is 21.5 Å². The molecule has 3 aromatic rings. The summed E-state index contributed by atoms with van der Waals surface area (Å²) in [6.45, 7) is 0. The van der Waals surface area contributed by atoms with Gasteiger partial charge in [-0.2, -0.15) is 0 Å². The number of carbonyl (C=O) groups is 1. The third kappa shape index (κ3) is 3.37. The molecule has 0 saturated heterocycles. The fourth-order valence-electron chi connectivity index (χ4n) is 2.46. The molecule has 1 amide bonds. The van der Waals surface area contributed by atoms with Gasteiger partial charge in [0, 0.05) is 11.7 Å². The molecule has 1 N–H and O–H groups in total. The van der Waals surface area contributed by atoms with Gasteiger partial charge >= 0.3 is 0 Å². The Morgan fingerprint density at radius 3 is 2.75 bits per heavy atom. The topological polar surface area (TPSA) is 59.8 Å². The minimum atomic E-state index is -0.0331. The van der Waals surface area contributed by atoms with Crippen molar-refractivity contribution in [2.45, 2.75) is 24.0 Å². The van der Waals surface area contributed by atoms with E-state index in [1.54, 1.807) is 11.3 Å². The lowest BCUT2D eigenvalue weighted by atomic mass is 10.3. The van der Waals surface area contributed by atoms with E-state index in [1.807, 2.05) is 41.8 Å². The number of rotatable bonds is 6. The largest absolute Gasteiger partial charge is 0.325 e. The minimum absolute atomic E-state index is 0.0331. The van der Waals surface area contributed by atoms with E-state index < -0.39 is 0 Å². The first-order valence-corrected chi connectivity index (χ1v) is 9.64. The Bertz CT molecular complexity index is 826. The number of hydrogen-bond donors (Lipinski definition) is 1. The Morgan fingerprint density at radius 2 is 2.04 bits per heavy atom. The molecule has 1 aliphatic rings. The zero-order valence-electron chi connectivity index (χ0n) is 12.9. The molecule has 2 heterocycles. The van der Waals surface area contributed by atoms with Crippen LogP contribution < -0.4 is 5.32 Å². The molecular formula is C17H16N4OS2. The fraction of sp³-hybridized carbons (Fsp3) is 0.235. The number of thioether (sulfide) groups is 1. The van der Waals surface area contributed by atoms with Crippen LogP contribution in [-0.4, -0.2) is 26.4 Å². The molecular weight excluding hydrogens is 340 g/mol. The van der Waals surface area contributed by atoms with E-state index in [2.05, 4.69) is 26.1 Å². The average Bonchev–Trinajstić information content (AvgIpc) is 3.12. The van der Waals surface area contributed by atoms with Crippen molar-refractivity contribution >= 4 is 34.7 Å². The quantitative estimate of drug-likeness (QED) is 0.676. The van der Waals surface area contributed by atoms with Crippen LogP contribution in [0.25, 0.3) is 10.7 Å². The van der Waals surface area contributed by atoms with E-state index in [0.29, 0.717) is 11.8 Å². The number of hydrogen-bond acceptors (Lipinski definition) is 5. The molecule has 0 bridgehead atoms. The number of para-hydroxylation sites is 1. The maximum atomic E-state index is 12.1. The SMILES string of the molecule is O=C(CSc1nnc(-c2cccs2)n1C1CC1)Nc1ccccc1. The Morgan fingerprint density at radius 1 is 1.21 bits per heavy atom. The van der Waals surface area contributed by atoms with Crippen LogP contribution in [0.3, 0.4) is 0 Å². The Hall–Kier alpha value is -2.12. The van der Waals surface area contributed by atoms with Crippen molar-refractivity contribution in [2.75, 3.05) is 11.1 Å². The summed E-state index contributed by atoms with van der Waals surface area (Å²) in [6.07, 6.45) is 2.31. The first-order chi connectivity index (χ1) is 11.8. The van der Waals surface area contributed by atoms with Crippen molar-refractivity contribution < 1.29 is 4.79 Å². The highest BCUT2D eigenvalue weighted by Gasteiger charge is 2.30. The summed E-state index contributed by atoms with van der Waals surface area (Å²) in [5, 5.41) is 14.4. The lowest BCUT2D eigenvalue weighted by Gasteiger charge is -2.08. The summed E-state index contributed by atoms with van der Waals surface area (Å²) in [6, 6.07) is 14.0. The molecule has 122 valence electrons. The number of aromatic nitrogens is 3. The standard InChI is InChI=1S/C17H16N4OS2/c22-15(18-12-5-2-1-3-6-12)11-24-17-20-19-16(14-7-4-10-23-14)21(17)13-8-9-13/h1-7,10,13H,8-9,11H2,(H,18,22). The van der Waals surface area contributed by atoms with Gasteiger partial charge in [-0.25, -0.2) is 0 Å². The van der Waals surface area contributed by atoms with Crippen molar-refractivity contribution in [3.05, 3.63) is 47.8 Å². The second kappa shape index (κ2) is 6.78. The molecule has 1 saturated carbocycles. The summed E-state index contributed by atoms with van der Waals surface area (Å²) >= 11 is 3.11. The monoisotopic (exact) mass is 356 g/mol. The zero-order chi connectivity index (χ0) is 16.4. The van der Waals surface area contributed by atoms with Gasteiger partial charge in [-0.1, -0.05) is 36.0 Å². The molecule has 0 spiro atoms. The highest BCUT2D eigenvalue weighted by molar-refractivity contribution is 7.99. The van der Waals surface area contributed by atoms with Crippen LogP contribution in [-0.2, 0) is 4.79 Å². The van der Waals surface area contributed by atoms with Crippen LogP contribution in [0.4, 0.5) is 5.69 Å². The van der Waals surface area contributed by atoms with Crippen molar-refractivity contribution in [3.8, 4) is 10.7 Å². The molecule has 1 aliphatic carbocycles. The van der Waals surface area contributed by atoms with Gasteiger partial charge < -0.3 is 5.32 Å². The lowest BCUT2D eigenvalue weighted by Crippen LogP contribution is -2.14. The number of nitrogens with zero attached hydrogens (tertiary/aromatic N) is 3. The van der Waals surface area contributed by atoms with Gasteiger partial charge in [0.2, 0.25) is 5.91 Å². The van der Waals surface area contributed by atoms with Crippen molar-refractivity contribution in [1.29, 1.82) is 0 Å². The molecule has 0 radical (unpaired) electrons. The van der Waals surface area contributed by atoms with Gasteiger partial charge in [-0.3, -0.25) is 9.36 Å².